The van der Waals surface area contributed by atoms with Gasteiger partial charge in [-0.25, -0.2) is 0 Å². The molecule has 44 valence electrons. The Labute approximate surface area is 59.3 Å². The van der Waals surface area contributed by atoms with E-state index in [1.165, 1.54) is 28.4 Å². The van der Waals surface area contributed by atoms with Gasteiger partial charge < -0.3 is 0 Å². The molecule has 0 saturated carbocycles. The topological polar surface area (TPSA) is 32.9 Å². The maximum absolute atomic E-state index is 10.4. The Morgan fingerprint density at radius 1 is 1.88 bits per heavy atom. The van der Waals surface area contributed by atoms with Gasteiger partial charge >= 0.3 is 0 Å². The van der Waals surface area contributed by atoms with E-state index < -0.39 is 0 Å². The summed E-state index contributed by atoms with van der Waals surface area (Å²) in [4.78, 5) is 10.4. The molecule has 0 fully saturated rings. The number of hydrogen-bond acceptors (Lipinski definition) is 4. The summed E-state index contributed by atoms with van der Waals surface area (Å²) in [5.41, 5.74) is -0.0495. The monoisotopic (exact) mass is 165 g/mol. The van der Waals surface area contributed by atoms with E-state index in [0.717, 1.165) is 4.21 Å². The predicted molar refractivity (Wildman–Crippen MR) is 39.8 cm³/mol. The average molecular weight is 165 g/mol. The Balaban J connectivity index is 3.01. The average Bonchev–Trinajstić information content (AvgIpc) is 2.14. The third-order valence-electron chi connectivity index (χ3n) is 0.591. The van der Waals surface area contributed by atoms with E-state index in [9.17, 15) is 4.79 Å². The Morgan fingerprint density at radius 3 is 2.88 bits per heavy atom. The molecule has 0 aliphatic rings. The van der Waals surface area contributed by atoms with Crippen LogP contribution in [0.1, 0.15) is 0 Å². The van der Waals surface area contributed by atoms with E-state index in [0.29, 0.717) is 0 Å². The Bertz CT molecular complexity index is 214. The molecular formula is C3H3NOS3. The van der Waals surface area contributed by atoms with Crippen LogP contribution in [0.3, 0.4) is 0 Å². The number of aromatic nitrogens is 1. The van der Waals surface area contributed by atoms with Crippen molar-refractivity contribution >= 4 is 34.0 Å². The van der Waals surface area contributed by atoms with E-state index in [1.54, 1.807) is 0 Å². The van der Waals surface area contributed by atoms with Crippen molar-refractivity contribution in [3.05, 3.63) is 16.4 Å². The maximum atomic E-state index is 10.4. The molecule has 0 saturated heterocycles. The van der Waals surface area contributed by atoms with E-state index in [1.807, 2.05) is 0 Å². The van der Waals surface area contributed by atoms with Crippen molar-refractivity contribution in [1.82, 2.24) is 4.37 Å². The highest BCUT2D eigenvalue weighted by atomic mass is 33.1. The van der Waals surface area contributed by atoms with Crippen molar-refractivity contribution in [2.24, 2.45) is 0 Å². The second-order valence-corrected chi connectivity index (χ2v) is 3.40. The highest BCUT2D eigenvalue weighted by Gasteiger charge is 1.91. The second-order valence-electron chi connectivity index (χ2n) is 1.12. The highest BCUT2D eigenvalue weighted by Crippen LogP contribution is 2.21. The molecule has 0 aliphatic heterocycles. The molecule has 0 amide bonds. The molecule has 1 heterocycles. The van der Waals surface area contributed by atoms with Crippen LogP contribution in [0.5, 0.6) is 0 Å². The minimum Gasteiger partial charge on any atom is -0.277 e. The van der Waals surface area contributed by atoms with Crippen molar-refractivity contribution in [3.8, 4) is 0 Å². The summed E-state index contributed by atoms with van der Waals surface area (Å²) in [5, 5.41) is 0. The quantitative estimate of drug-likeness (QED) is 0.487. The van der Waals surface area contributed by atoms with Gasteiger partial charge in [0.25, 0.3) is 5.56 Å². The molecule has 1 rings (SSSR count). The van der Waals surface area contributed by atoms with Gasteiger partial charge in [-0.3, -0.25) is 9.17 Å². The maximum Gasteiger partial charge on any atom is 0.259 e. The molecule has 0 bridgehead atoms. The van der Waals surface area contributed by atoms with Crippen LogP contribution in [0.15, 0.2) is 15.1 Å². The predicted octanol–water partition coefficient (Wildman–Crippen LogP) is 1.37. The first kappa shape index (κ1) is 6.25. The molecule has 1 aromatic heterocycles. The van der Waals surface area contributed by atoms with Crippen LogP contribution in [-0.2, 0) is 0 Å². The largest absolute Gasteiger partial charge is 0.277 e. The summed E-state index contributed by atoms with van der Waals surface area (Å²) in [6.07, 6.45) is 0. The lowest BCUT2D eigenvalue weighted by Crippen LogP contribution is -1.91. The molecule has 2 nitrogen and oxygen atoms in total. The first-order chi connectivity index (χ1) is 3.83. The third-order valence-corrected chi connectivity index (χ3v) is 2.97. The van der Waals surface area contributed by atoms with Crippen molar-refractivity contribution in [1.29, 1.82) is 0 Å². The SMILES string of the molecule is O=c1cc(SS)s[nH]1. The minimum absolute atomic E-state index is 0.0495. The highest BCUT2D eigenvalue weighted by molar-refractivity contribution is 8.69. The van der Waals surface area contributed by atoms with Gasteiger partial charge in [0.15, 0.2) is 0 Å². The fraction of sp³-hybridized carbons (Fsp3) is 0. The Morgan fingerprint density at radius 2 is 2.62 bits per heavy atom. The zero-order valence-corrected chi connectivity index (χ0v) is 6.28. The van der Waals surface area contributed by atoms with Gasteiger partial charge in [-0.2, -0.15) is 0 Å². The van der Waals surface area contributed by atoms with Gasteiger partial charge in [-0.1, -0.05) is 11.5 Å². The minimum atomic E-state index is -0.0495. The van der Waals surface area contributed by atoms with Crippen LogP contribution in [0, 0.1) is 0 Å². The van der Waals surface area contributed by atoms with Crippen molar-refractivity contribution in [2.45, 2.75) is 4.21 Å². The lowest BCUT2D eigenvalue weighted by atomic mass is 10.8. The summed E-state index contributed by atoms with van der Waals surface area (Å²) in [6.45, 7) is 0. The molecular weight excluding hydrogens is 162 g/mol. The molecule has 0 unspecified atom stereocenters. The number of H-pyrrole nitrogens is 1. The smallest absolute Gasteiger partial charge is 0.259 e. The molecule has 1 aromatic rings. The third kappa shape index (κ3) is 1.30. The molecule has 1 N–H and O–H groups in total. The molecule has 0 spiro atoms. The van der Waals surface area contributed by atoms with E-state index in [2.05, 4.69) is 16.0 Å². The van der Waals surface area contributed by atoms with Gasteiger partial charge in [0.1, 0.15) is 0 Å². The molecule has 0 atom stereocenters. The number of hydrogen-bond donors (Lipinski definition) is 2. The van der Waals surface area contributed by atoms with Gasteiger partial charge in [0.05, 0.1) is 4.21 Å². The lowest BCUT2D eigenvalue weighted by Gasteiger charge is -1.75. The molecule has 0 aromatic carbocycles. The van der Waals surface area contributed by atoms with Crippen LogP contribution < -0.4 is 5.56 Å². The zero-order chi connectivity index (χ0) is 5.98. The summed E-state index contributed by atoms with van der Waals surface area (Å²) < 4.78 is 3.44. The molecule has 0 radical (unpaired) electrons. The standard InChI is InChI=1S/C3H3NOS3/c5-2-1-3(8-6)7-4-2/h1,6H,(H,4,5). The summed E-state index contributed by atoms with van der Waals surface area (Å²) in [7, 11) is 1.27. The van der Waals surface area contributed by atoms with Gasteiger partial charge in [0, 0.05) is 6.07 Å². The Kier molecular flexibility index (Phi) is 2.04. The van der Waals surface area contributed by atoms with Gasteiger partial charge in [-0.15, -0.1) is 11.7 Å². The van der Waals surface area contributed by atoms with Gasteiger partial charge in [0.2, 0.25) is 0 Å². The fourth-order valence-electron chi connectivity index (χ4n) is 0.312. The molecule has 8 heavy (non-hydrogen) atoms. The number of rotatable bonds is 1. The van der Waals surface area contributed by atoms with Gasteiger partial charge in [-0.05, 0) is 10.8 Å². The van der Waals surface area contributed by atoms with Crippen LogP contribution in [0.2, 0.25) is 0 Å². The fourth-order valence-corrected chi connectivity index (χ4v) is 1.66. The second kappa shape index (κ2) is 2.61. The molecule has 5 heteroatoms. The summed E-state index contributed by atoms with van der Waals surface area (Å²) >= 11 is 5.19. The van der Waals surface area contributed by atoms with Crippen LogP contribution in [-0.4, -0.2) is 4.37 Å². The summed E-state index contributed by atoms with van der Waals surface area (Å²) in [6, 6.07) is 1.52. The van der Waals surface area contributed by atoms with Crippen LogP contribution in [0.25, 0.3) is 0 Å². The first-order valence-corrected chi connectivity index (χ1v) is 4.51. The normalized spacial score (nSPS) is 9.62. The Hall–Kier alpha value is 0.130. The van der Waals surface area contributed by atoms with E-state index in [4.69, 9.17) is 0 Å². The van der Waals surface area contributed by atoms with E-state index >= 15 is 0 Å². The summed E-state index contributed by atoms with van der Waals surface area (Å²) in [5.74, 6) is 0. The van der Waals surface area contributed by atoms with Crippen molar-refractivity contribution < 1.29 is 0 Å². The number of thiol groups is 1. The van der Waals surface area contributed by atoms with Crippen LogP contribution >= 0.6 is 34.0 Å². The number of aromatic amines is 1. The van der Waals surface area contributed by atoms with Crippen molar-refractivity contribution in [3.63, 3.8) is 0 Å². The van der Waals surface area contributed by atoms with Crippen molar-refractivity contribution in [2.75, 3.05) is 0 Å². The zero-order valence-electron chi connectivity index (χ0n) is 3.75. The first-order valence-electron chi connectivity index (χ1n) is 1.83. The number of nitrogens with one attached hydrogen (secondary N) is 1. The van der Waals surface area contributed by atoms with Crippen LogP contribution in [0.4, 0.5) is 0 Å². The van der Waals surface area contributed by atoms with E-state index in [-0.39, 0.29) is 5.56 Å². The molecule has 0 aliphatic carbocycles. The lowest BCUT2D eigenvalue weighted by molar-refractivity contribution is 1.42.